The van der Waals surface area contributed by atoms with E-state index in [1.807, 2.05) is 31.3 Å². The van der Waals surface area contributed by atoms with E-state index in [-0.39, 0.29) is 23.8 Å². The number of hydrogen-bond acceptors (Lipinski definition) is 5. The van der Waals surface area contributed by atoms with E-state index in [0.717, 1.165) is 36.2 Å². The van der Waals surface area contributed by atoms with Gasteiger partial charge >= 0.3 is 0 Å². The average Bonchev–Trinajstić information content (AvgIpc) is 3.09. The molecule has 0 radical (unpaired) electrons. The highest BCUT2D eigenvalue weighted by Gasteiger charge is 2.31. The number of hydrogen-bond donors (Lipinski definition) is 1. The van der Waals surface area contributed by atoms with Gasteiger partial charge in [-0.2, -0.15) is 0 Å². The Hall–Kier alpha value is -2.96. The number of imidazole rings is 1. The second-order valence-corrected chi connectivity index (χ2v) is 8.08. The maximum absolute atomic E-state index is 13.2. The minimum Gasteiger partial charge on any atom is -0.346 e. The number of aryl methyl sites for hydroxylation is 1. The standard InChI is InChI=1S/C22H28N6O/c1-15(2)19(20-25-17-9-4-5-10-18(17)27(20)3)26-21(29)16-8-6-13-28(14-16)22-23-11-7-12-24-22/h4-5,7,9-12,15-16,19H,6,8,13-14H2,1-3H3,(H,26,29)/t16-,19-/m0/s1. The molecular formula is C22H28N6O. The molecule has 3 heterocycles. The minimum absolute atomic E-state index is 0.0800. The highest BCUT2D eigenvalue weighted by molar-refractivity contribution is 5.80. The van der Waals surface area contributed by atoms with Crippen LogP contribution in [0.25, 0.3) is 11.0 Å². The Morgan fingerprint density at radius 2 is 1.93 bits per heavy atom. The summed E-state index contributed by atoms with van der Waals surface area (Å²) in [5.41, 5.74) is 2.03. The third-order valence-corrected chi connectivity index (χ3v) is 5.69. The van der Waals surface area contributed by atoms with Crippen molar-refractivity contribution in [1.29, 1.82) is 0 Å². The first-order valence-electron chi connectivity index (χ1n) is 10.3. The van der Waals surface area contributed by atoms with Crippen LogP contribution < -0.4 is 10.2 Å². The molecule has 0 aliphatic carbocycles. The molecule has 4 rings (SSSR count). The van der Waals surface area contributed by atoms with E-state index in [2.05, 4.69) is 44.7 Å². The van der Waals surface area contributed by atoms with Gasteiger partial charge in [0.1, 0.15) is 5.82 Å². The van der Waals surface area contributed by atoms with E-state index < -0.39 is 0 Å². The van der Waals surface area contributed by atoms with Gasteiger partial charge in [-0.1, -0.05) is 26.0 Å². The number of aromatic nitrogens is 4. The summed E-state index contributed by atoms with van der Waals surface area (Å²) in [6, 6.07) is 9.74. The quantitative estimate of drug-likeness (QED) is 0.722. The zero-order valence-corrected chi connectivity index (χ0v) is 17.2. The lowest BCUT2D eigenvalue weighted by atomic mass is 9.95. The van der Waals surface area contributed by atoms with E-state index >= 15 is 0 Å². The number of carbonyl (C=O) groups excluding carboxylic acids is 1. The van der Waals surface area contributed by atoms with Gasteiger partial charge in [-0.15, -0.1) is 0 Å². The molecule has 0 saturated carbocycles. The maximum atomic E-state index is 13.2. The van der Waals surface area contributed by atoms with Gasteiger partial charge in [-0.05, 0) is 37.0 Å². The Bertz CT molecular complexity index is 983. The number of nitrogens with zero attached hydrogens (tertiary/aromatic N) is 5. The number of rotatable bonds is 5. The van der Waals surface area contributed by atoms with Crippen LogP contribution in [0, 0.1) is 11.8 Å². The Labute approximate surface area is 171 Å². The molecule has 3 aromatic rings. The number of amides is 1. The number of carbonyl (C=O) groups is 1. The van der Waals surface area contributed by atoms with E-state index in [0.29, 0.717) is 12.5 Å². The van der Waals surface area contributed by atoms with Crippen molar-refractivity contribution in [2.24, 2.45) is 18.9 Å². The van der Waals surface area contributed by atoms with E-state index in [1.165, 1.54) is 0 Å². The number of piperidine rings is 1. The number of anilines is 1. The van der Waals surface area contributed by atoms with Gasteiger partial charge in [0.25, 0.3) is 0 Å². The molecule has 1 aromatic carbocycles. The summed E-state index contributed by atoms with van der Waals surface area (Å²) in [6.45, 7) is 5.76. The third kappa shape index (κ3) is 3.95. The van der Waals surface area contributed by atoms with Crippen LogP contribution in [0.2, 0.25) is 0 Å². The lowest BCUT2D eigenvalue weighted by Gasteiger charge is -2.33. The molecule has 2 atom stereocenters. The zero-order chi connectivity index (χ0) is 20.4. The Morgan fingerprint density at radius 3 is 2.66 bits per heavy atom. The van der Waals surface area contributed by atoms with Crippen LogP contribution in [0.3, 0.4) is 0 Å². The van der Waals surface area contributed by atoms with E-state index in [4.69, 9.17) is 4.98 Å². The average molecular weight is 393 g/mol. The summed E-state index contributed by atoms with van der Waals surface area (Å²) >= 11 is 0. The third-order valence-electron chi connectivity index (χ3n) is 5.69. The van der Waals surface area contributed by atoms with Gasteiger partial charge in [0.05, 0.1) is 23.0 Å². The maximum Gasteiger partial charge on any atom is 0.225 e. The summed E-state index contributed by atoms with van der Waals surface area (Å²) in [4.78, 5) is 28.8. The fourth-order valence-electron chi connectivity index (χ4n) is 4.07. The van der Waals surface area contributed by atoms with Crippen LogP contribution in [0.15, 0.2) is 42.7 Å². The van der Waals surface area contributed by atoms with Crippen molar-refractivity contribution < 1.29 is 4.79 Å². The summed E-state index contributed by atoms with van der Waals surface area (Å²) in [5.74, 6) is 1.82. The summed E-state index contributed by atoms with van der Waals surface area (Å²) < 4.78 is 2.09. The molecule has 7 heteroatoms. The first-order chi connectivity index (χ1) is 14.0. The van der Waals surface area contributed by atoms with Gasteiger partial charge < -0.3 is 14.8 Å². The van der Waals surface area contributed by atoms with E-state index in [1.54, 1.807) is 12.4 Å². The highest BCUT2D eigenvalue weighted by Crippen LogP contribution is 2.27. The van der Waals surface area contributed by atoms with Crippen LogP contribution in [0.5, 0.6) is 0 Å². The summed E-state index contributed by atoms with van der Waals surface area (Å²) in [7, 11) is 2.02. The van der Waals surface area contributed by atoms with Crippen molar-refractivity contribution in [1.82, 2.24) is 24.8 Å². The molecule has 2 aromatic heterocycles. The second kappa shape index (κ2) is 8.19. The first kappa shape index (κ1) is 19.4. The van der Waals surface area contributed by atoms with Gasteiger partial charge in [0.2, 0.25) is 11.9 Å². The van der Waals surface area contributed by atoms with Gasteiger partial charge in [-0.3, -0.25) is 4.79 Å². The summed E-state index contributed by atoms with van der Waals surface area (Å²) in [6.07, 6.45) is 5.32. The fraction of sp³-hybridized carbons (Fsp3) is 0.455. The van der Waals surface area contributed by atoms with Crippen LogP contribution in [0.4, 0.5) is 5.95 Å². The van der Waals surface area contributed by atoms with Crippen molar-refractivity contribution in [3.05, 3.63) is 48.5 Å². The molecule has 1 amide bonds. The predicted molar refractivity (Wildman–Crippen MR) is 113 cm³/mol. The zero-order valence-electron chi connectivity index (χ0n) is 17.2. The lowest BCUT2D eigenvalue weighted by Crippen LogP contribution is -2.45. The Morgan fingerprint density at radius 1 is 1.17 bits per heavy atom. The molecule has 7 nitrogen and oxygen atoms in total. The molecule has 1 aliphatic heterocycles. The molecular weight excluding hydrogens is 364 g/mol. The molecule has 152 valence electrons. The van der Waals surface area contributed by atoms with Gasteiger partial charge in [0.15, 0.2) is 0 Å². The Kier molecular flexibility index (Phi) is 5.47. The molecule has 0 bridgehead atoms. The monoisotopic (exact) mass is 392 g/mol. The van der Waals surface area contributed by atoms with Crippen LogP contribution in [-0.2, 0) is 11.8 Å². The van der Waals surface area contributed by atoms with Crippen molar-refractivity contribution in [3.63, 3.8) is 0 Å². The molecule has 0 spiro atoms. The summed E-state index contributed by atoms with van der Waals surface area (Å²) in [5, 5.41) is 3.29. The molecule has 1 fully saturated rings. The lowest BCUT2D eigenvalue weighted by molar-refractivity contribution is -0.126. The SMILES string of the molecule is CC(C)[C@H](NC(=O)[C@H]1CCCN(c2ncccn2)C1)c1nc2ccccc2n1C. The predicted octanol–water partition coefficient (Wildman–Crippen LogP) is 3.09. The van der Waals surface area contributed by atoms with Gasteiger partial charge in [0, 0.05) is 32.5 Å². The van der Waals surface area contributed by atoms with E-state index in [9.17, 15) is 4.79 Å². The van der Waals surface area contributed by atoms with Crippen LogP contribution in [0.1, 0.15) is 38.6 Å². The van der Waals surface area contributed by atoms with Crippen molar-refractivity contribution in [2.45, 2.75) is 32.7 Å². The van der Waals surface area contributed by atoms with Crippen molar-refractivity contribution in [3.8, 4) is 0 Å². The number of para-hydroxylation sites is 2. The van der Waals surface area contributed by atoms with Crippen molar-refractivity contribution in [2.75, 3.05) is 18.0 Å². The molecule has 1 aliphatic rings. The van der Waals surface area contributed by atoms with Crippen LogP contribution in [-0.4, -0.2) is 38.5 Å². The smallest absolute Gasteiger partial charge is 0.225 e. The second-order valence-electron chi connectivity index (χ2n) is 8.08. The number of fused-ring (bicyclic) bond motifs is 1. The molecule has 29 heavy (non-hydrogen) atoms. The molecule has 1 saturated heterocycles. The van der Waals surface area contributed by atoms with Crippen molar-refractivity contribution >= 4 is 22.9 Å². The highest BCUT2D eigenvalue weighted by atomic mass is 16.2. The van der Waals surface area contributed by atoms with Crippen LogP contribution >= 0.6 is 0 Å². The largest absolute Gasteiger partial charge is 0.346 e. The minimum atomic E-state index is -0.136. The number of benzene rings is 1. The first-order valence-corrected chi connectivity index (χ1v) is 10.3. The number of nitrogens with one attached hydrogen (secondary N) is 1. The molecule has 1 N–H and O–H groups in total. The Balaban J connectivity index is 1.52. The van der Waals surface area contributed by atoms with Gasteiger partial charge in [-0.25, -0.2) is 15.0 Å². The molecule has 0 unspecified atom stereocenters. The topological polar surface area (TPSA) is 75.9 Å². The fourth-order valence-corrected chi connectivity index (χ4v) is 4.07. The normalized spacial score (nSPS) is 18.2.